The number of aryl methyl sites for hydroxylation is 2. The van der Waals surface area contributed by atoms with E-state index in [9.17, 15) is 0 Å². The monoisotopic (exact) mass is 446 g/mol. The summed E-state index contributed by atoms with van der Waals surface area (Å²) in [4.78, 5) is 0. The van der Waals surface area contributed by atoms with Crippen molar-refractivity contribution in [2.24, 2.45) is 0 Å². The molecular formula is C29H31FOS. The van der Waals surface area contributed by atoms with Gasteiger partial charge in [0.25, 0.3) is 0 Å². The average Bonchev–Trinajstić information content (AvgIpc) is 2.82. The lowest BCUT2D eigenvalue weighted by atomic mass is 9.97. The van der Waals surface area contributed by atoms with Crippen LogP contribution in [-0.2, 0) is 12.8 Å². The molecule has 4 aromatic rings. The average molecular weight is 447 g/mol. The van der Waals surface area contributed by atoms with Gasteiger partial charge in [-0.05, 0) is 71.6 Å². The second-order valence-corrected chi connectivity index (χ2v) is 9.05. The Labute approximate surface area is 195 Å². The minimum Gasteiger partial charge on any atom is -0.441 e. The normalized spacial score (nSPS) is 11.5. The van der Waals surface area contributed by atoms with Crippen molar-refractivity contribution in [1.29, 1.82) is 0 Å². The largest absolute Gasteiger partial charge is 0.441 e. The summed E-state index contributed by atoms with van der Waals surface area (Å²) in [6.07, 6.45) is 8.94. The maximum atomic E-state index is 15.1. The van der Waals surface area contributed by atoms with Crippen LogP contribution >= 0.6 is 12.2 Å². The molecule has 4 rings (SSSR count). The standard InChI is InChI=1S/C29H31FOS/c1-3-5-7-8-9-20-11-13-21(14-12-20)23-16-17-24-25-18-15-22(10-6-4-2)27(30)28(25)31-29(32)26(24)19-23/h11-19H,3-10H2,1-2H3. The summed E-state index contributed by atoms with van der Waals surface area (Å²) in [6, 6.07) is 18.9. The van der Waals surface area contributed by atoms with Gasteiger partial charge in [-0.15, -0.1) is 0 Å². The van der Waals surface area contributed by atoms with E-state index in [0.717, 1.165) is 46.5 Å². The number of halogens is 1. The van der Waals surface area contributed by atoms with Crippen LogP contribution in [0.5, 0.6) is 0 Å². The van der Waals surface area contributed by atoms with Crippen molar-refractivity contribution >= 4 is 34.0 Å². The number of hydrogen-bond acceptors (Lipinski definition) is 2. The number of rotatable bonds is 9. The van der Waals surface area contributed by atoms with E-state index in [1.165, 1.54) is 31.2 Å². The molecule has 1 aromatic heterocycles. The predicted molar refractivity (Wildman–Crippen MR) is 136 cm³/mol. The molecule has 0 N–H and O–H groups in total. The highest BCUT2D eigenvalue weighted by atomic mass is 32.1. The van der Waals surface area contributed by atoms with Crippen LogP contribution in [0.4, 0.5) is 4.39 Å². The first-order chi connectivity index (χ1) is 15.6. The molecule has 1 nitrogen and oxygen atoms in total. The van der Waals surface area contributed by atoms with Gasteiger partial charge in [0.05, 0.1) is 0 Å². The maximum absolute atomic E-state index is 15.1. The molecule has 0 aliphatic rings. The number of unbranched alkanes of at least 4 members (excludes halogenated alkanes) is 4. The molecule has 0 aliphatic carbocycles. The van der Waals surface area contributed by atoms with Gasteiger partial charge in [0.15, 0.2) is 16.1 Å². The highest BCUT2D eigenvalue weighted by Gasteiger charge is 2.14. The van der Waals surface area contributed by atoms with Crippen LogP contribution in [0, 0.1) is 10.5 Å². The molecule has 166 valence electrons. The molecule has 0 saturated carbocycles. The molecule has 0 radical (unpaired) electrons. The van der Waals surface area contributed by atoms with Crippen LogP contribution in [0.15, 0.2) is 59.0 Å². The topological polar surface area (TPSA) is 13.1 Å². The summed E-state index contributed by atoms with van der Waals surface area (Å²) in [7, 11) is 0. The van der Waals surface area contributed by atoms with E-state index in [1.54, 1.807) is 0 Å². The molecule has 1 heterocycles. The number of fused-ring (bicyclic) bond motifs is 3. The summed E-state index contributed by atoms with van der Waals surface area (Å²) in [6.45, 7) is 4.35. The Kier molecular flexibility index (Phi) is 7.36. The van der Waals surface area contributed by atoms with Crippen LogP contribution in [0.1, 0.15) is 63.5 Å². The van der Waals surface area contributed by atoms with Crippen molar-refractivity contribution in [3.8, 4) is 11.1 Å². The van der Waals surface area contributed by atoms with Gasteiger partial charge < -0.3 is 4.42 Å². The van der Waals surface area contributed by atoms with Crippen molar-refractivity contribution in [3.05, 3.63) is 76.2 Å². The first kappa shape index (κ1) is 22.7. The highest BCUT2D eigenvalue weighted by Crippen LogP contribution is 2.33. The quantitative estimate of drug-likeness (QED) is 0.144. The van der Waals surface area contributed by atoms with Gasteiger partial charge in [0.2, 0.25) is 0 Å². The van der Waals surface area contributed by atoms with Crippen molar-refractivity contribution in [2.75, 3.05) is 0 Å². The Morgan fingerprint density at radius 2 is 1.44 bits per heavy atom. The second-order valence-electron chi connectivity index (χ2n) is 8.68. The van der Waals surface area contributed by atoms with Crippen LogP contribution < -0.4 is 0 Å². The molecule has 0 amide bonds. The summed E-state index contributed by atoms with van der Waals surface area (Å²) in [5, 5.41) is 2.57. The van der Waals surface area contributed by atoms with Crippen molar-refractivity contribution < 1.29 is 8.81 Å². The van der Waals surface area contributed by atoms with Crippen LogP contribution in [-0.4, -0.2) is 0 Å². The third-order valence-electron chi connectivity index (χ3n) is 6.31. The number of hydrogen-bond donors (Lipinski definition) is 0. The third-order valence-corrected chi connectivity index (χ3v) is 6.61. The van der Waals surface area contributed by atoms with E-state index >= 15 is 4.39 Å². The van der Waals surface area contributed by atoms with Gasteiger partial charge >= 0.3 is 0 Å². The summed E-state index contributed by atoms with van der Waals surface area (Å²) in [5.74, 6) is -0.275. The fourth-order valence-electron chi connectivity index (χ4n) is 4.36. The molecular weight excluding hydrogens is 415 g/mol. The Hall–Kier alpha value is -2.52. The lowest BCUT2D eigenvalue weighted by Crippen LogP contribution is -1.93. The number of benzene rings is 3. The first-order valence-electron chi connectivity index (χ1n) is 11.9. The molecule has 0 spiro atoms. The predicted octanol–water partition coefficient (Wildman–Crippen LogP) is 9.59. The zero-order valence-corrected chi connectivity index (χ0v) is 19.9. The van der Waals surface area contributed by atoms with Crippen molar-refractivity contribution in [1.82, 2.24) is 0 Å². The molecule has 0 saturated heterocycles. The first-order valence-corrected chi connectivity index (χ1v) is 12.3. The lowest BCUT2D eigenvalue weighted by molar-refractivity contribution is 0.537. The Balaban J connectivity index is 1.66. The fraction of sp³-hybridized carbons (Fsp3) is 0.345. The Morgan fingerprint density at radius 1 is 0.719 bits per heavy atom. The van der Waals surface area contributed by atoms with E-state index in [2.05, 4.69) is 50.2 Å². The van der Waals surface area contributed by atoms with Gasteiger partial charge in [-0.1, -0.05) is 88.1 Å². The van der Waals surface area contributed by atoms with E-state index in [0.29, 0.717) is 16.7 Å². The molecule has 32 heavy (non-hydrogen) atoms. The smallest absolute Gasteiger partial charge is 0.198 e. The van der Waals surface area contributed by atoms with Gasteiger partial charge in [-0.2, -0.15) is 0 Å². The van der Waals surface area contributed by atoms with Crippen LogP contribution in [0.25, 0.3) is 32.9 Å². The zero-order chi connectivity index (χ0) is 22.5. The zero-order valence-electron chi connectivity index (χ0n) is 19.0. The second kappa shape index (κ2) is 10.4. The molecule has 0 fully saturated rings. The lowest BCUT2D eigenvalue weighted by Gasteiger charge is -2.10. The van der Waals surface area contributed by atoms with Crippen LogP contribution in [0.3, 0.4) is 0 Å². The van der Waals surface area contributed by atoms with E-state index in [4.69, 9.17) is 16.6 Å². The summed E-state index contributed by atoms with van der Waals surface area (Å²) >= 11 is 5.54. The van der Waals surface area contributed by atoms with E-state index < -0.39 is 0 Å². The highest BCUT2D eigenvalue weighted by molar-refractivity contribution is 7.71. The Bertz CT molecular complexity index is 1270. The molecule has 0 bridgehead atoms. The molecule has 0 aliphatic heterocycles. The van der Waals surface area contributed by atoms with Crippen molar-refractivity contribution in [3.63, 3.8) is 0 Å². The molecule has 0 atom stereocenters. The van der Waals surface area contributed by atoms with Crippen molar-refractivity contribution in [2.45, 2.75) is 65.2 Å². The minimum atomic E-state index is -0.275. The van der Waals surface area contributed by atoms with Gasteiger partial charge in [0, 0.05) is 10.8 Å². The summed E-state index contributed by atoms with van der Waals surface area (Å²) in [5.41, 5.74) is 4.60. The van der Waals surface area contributed by atoms with E-state index in [-0.39, 0.29) is 11.4 Å². The summed E-state index contributed by atoms with van der Waals surface area (Å²) < 4.78 is 21.3. The SMILES string of the molecule is CCCCCCc1ccc(-c2ccc3c(c2)c(=S)oc2c(F)c(CCCC)ccc23)cc1. The Morgan fingerprint density at radius 3 is 2.19 bits per heavy atom. The molecule has 3 heteroatoms. The van der Waals surface area contributed by atoms with Gasteiger partial charge in [-0.25, -0.2) is 4.39 Å². The van der Waals surface area contributed by atoms with E-state index in [1.807, 2.05) is 18.2 Å². The maximum Gasteiger partial charge on any atom is 0.198 e. The van der Waals surface area contributed by atoms with Gasteiger partial charge in [-0.3, -0.25) is 0 Å². The van der Waals surface area contributed by atoms with Crippen LogP contribution in [0.2, 0.25) is 0 Å². The third kappa shape index (κ3) is 4.78. The molecule has 3 aromatic carbocycles. The van der Waals surface area contributed by atoms with Gasteiger partial charge in [0.1, 0.15) is 0 Å². The minimum absolute atomic E-state index is 0.274. The molecule has 0 unspecified atom stereocenters. The fourth-order valence-corrected chi connectivity index (χ4v) is 4.62.